The first-order valence-corrected chi connectivity index (χ1v) is 8.55. The molecule has 4 aromatic rings. The van der Waals surface area contributed by atoms with Gasteiger partial charge in [0.25, 0.3) is 5.56 Å². The monoisotopic (exact) mass is 401 g/mol. The van der Waals surface area contributed by atoms with Gasteiger partial charge >= 0.3 is 0 Å². The van der Waals surface area contributed by atoms with Crippen molar-refractivity contribution in [3.05, 3.63) is 68.3 Å². The molecule has 3 aromatic heterocycles. The summed E-state index contributed by atoms with van der Waals surface area (Å²) in [5.74, 6) is 0.860. The zero-order chi connectivity index (χ0) is 18.5. The Balaban J connectivity index is 1.84. The van der Waals surface area contributed by atoms with Crippen molar-refractivity contribution in [3.8, 4) is 11.3 Å². The third-order valence-electron chi connectivity index (χ3n) is 4.27. The number of fused-ring (bicyclic) bond motifs is 2. The van der Waals surface area contributed by atoms with Crippen LogP contribution in [0.25, 0.3) is 11.3 Å². The van der Waals surface area contributed by atoms with E-state index in [-0.39, 0.29) is 5.69 Å². The number of nitrogens with zero attached hydrogens (tertiary/aromatic N) is 5. The highest BCUT2D eigenvalue weighted by Crippen LogP contribution is 2.42. The lowest BCUT2D eigenvalue weighted by atomic mass is 9.96. The second-order valence-electron chi connectivity index (χ2n) is 5.80. The Morgan fingerprint density at radius 1 is 1.22 bits per heavy atom. The average Bonchev–Trinajstić information content (AvgIpc) is 3.33. The van der Waals surface area contributed by atoms with E-state index in [9.17, 15) is 4.79 Å². The average molecular weight is 402 g/mol. The van der Waals surface area contributed by atoms with Crippen LogP contribution in [0.4, 0.5) is 11.6 Å². The Morgan fingerprint density at radius 3 is 2.89 bits per heavy atom. The summed E-state index contributed by atoms with van der Waals surface area (Å²) in [5, 5.41) is 22.2. The van der Waals surface area contributed by atoms with Crippen LogP contribution in [-0.4, -0.2) is 30.4 Å². The molecule has 0 spiro atoms. The number of H-pyrrole nitrogens is 1. The Morgan fingerprint density at radius 2 is 2.11 bits per heavy atom. The van der Waals surface area contributed by atoms with Gasteiger partial charge in [-0.25, -0.2) is 5.10 Å². The molecular weight excluding hydrogens is 393 g/mol. The van der Waals surface area contributed by atoms with Crippen molar-refractivity contribution in [2.45, 2.75) is 6.04 Å². The molecule has 0 saturated carbocycles. The molecule has 0 bridgehead atoms. The van der Waals surface area contributed by atoms with E-state index in [0.717, 1.165) is 0 Å². The van der Waals surface area contributed by atoms with E-state index in [4.69, 9.17) is 27.6 Å². The number of furan rings is 1. The molecule has 1 aliphatic rings. The molecule has 0 unspecified atom stereocenters. The number of hydrogen-bond donors (Lipinski definition) is 2. The van der Waals surface area contributed by atoms with Crippen molar-refractivity contribution in [1.82, 2.24) is 30.4 Å². The molecule has 134 valence electrons. The largest absolute Gasteiger partial charge is 0.467 e. The minimum absolute atomic E-state index is 0.273. The summed E-state index contributed by atoms with van der Waals surface area (Å²) in [4.78, 5) is 12.5. The van der Waals surface area contributed by atoms with Crippen molar-refractivity contribution < 1.29 is 4.42 Å². The molecule has 0 radical (unpaired) electrons. The molecule has 0 fully saturated rings. The maximum Gasteiger partial charge on any atom is 0.288 e. The number of tetrazole rings is 1. The third-order valence-corrected chi connectivity index (χ3v) is 4.82. The molecule has 0 amide bonds. The lowest BCUT2D eigenvalue weighted by Crippen LogP contribution is -2.28. The summed E-state index contributed by atoms with van der Waals surface area (Å²) in [6.07, 6.45) is 1.54. The van der Waals surface area contributed by atoms with Gasteiger partial charge in [0.05, 0.1) is 11.3 Å². The van der Waals surface area contributed by atoms with Crippen molar-refractivity contribution in [1.29, 1.82) is 0 Å². The number of aromatic nitrogens is 6. The van der Waals surface area contributed by atoms with Crippen LogP contribution in [0.2, 0.25) is 10.0 Å². The molecule has 1 aliphatic heterocycles. The molecule has 1 atom stereocenters. The SMILES string of the molecule is O=c1[nH]nc(-c2ccc(Cl)cc2Cl)c2c1Nc1nnnn1[C@H]2c1ccco1. The molecule has 27 heavy (non-hydrogen) atoms. The zero-order valence-electron chi connectivity index (χ0n) is 13.3. The van der Waals surface area contributed by atoms with E-state index in [2.05, 4.69) is 31.0 Å². The first-order chi connectivity index (χ1) is 13.1. The number of aromatic amines is 1. The summed E-state index contributed by atoms with van der Waals surface area (Å²) >= 11 is 12.4. The van der Waals surface area contributed by atoms with Crippen LogP contribution in [0.15, 0.2) is 45.8 Å². The maximum atomic E-state index is 12.5. The number of halogens is 2. The number of nitrogens with one attached hydrogen (secondary N) is 2. The minimum Gasteiger partial charge on any atom is -0.467 e. The summed E-state index contributed by atoms with van der Waals surface area (Å²) < 4.78 is 7.12. The predicted octanol–water partition coefficient (Wildman–Crippen LogP) is 3.02. The van der Waals surface area contributed by atoms with Crippen LogP contribution < -0.4 is 10.9 Å². The summed E-state index contributed by atoms with van der Waals surface area (Å²) in [5.41, 5.74) is 1.46. The van der Waals surface area contributed by atoms with Gasteiger partial charge in [-0.05, 0) is 40.8 Å². The second-order valence-corrected chi connectivity index (χ2v) is 6.65. The van der Waals surface area contributed by atoms with Crippen LogP contribution in [0.5, 0.6) is 0 Å². The lowest BCUT2D eigenvalue weighted by Gasteiger charge is -2.26. The van der Waals surface area contributed by atoms with Gasteiger partial charge in [0, 0.05) is 16.1 Å². The van der Waals surface area contributed by atoms with Crippen LogP contribution in [0, 0.1) is 0 Å². The van der Waals surface area contributed by atoms with Gasteiger partial charge < -0.3 is 9.73 Å². The van der Waals surface area contributed by atoms with Crippen molar-refractivity contribution >= 4 is 34.8 Å². The van der Waals surface area contributed by atoms with Gasteiger partial charge in [-0.3, -0.25) is 4.79 Å². The molecule has 0 aliphatic carbocycles. The van der Waals surface area contributed by atoms with E-state index in [1.54, 1.807) is 30.3 Å². The first-order valence-electron chi connectivity index (χ1n) is 7.80. The third kappa shape index (κ3) is 2.43. The molecular formula is C16H9Cl2N7O2. The fraction of sp³-hybridized carbons (Fsp3) is 0.0625. The van der Waals surface area contributed by atoms with Crippen molar-refractivity contribution in [2.75, 3.05) is 5.32 Å². The summed E-state index contributed by atoms with van der Waals surface area (Å²) in [6, 6.07) is 7.97. The number of benzene rings is 1. The standard InChI is InChI=1S/C16H9Cl2N7O2/c17-7-3-4-8(9(18)6-7)12-11-13(15(26)21-20-12)19-16-22-23-24-25(16)14(11)10-2-1-5-27-10/h1-6,14H,(H,21,26)(H,19,22,24)/t14-/m0/s1. The van der Waals surface area contributed by atoms with Gasteiger partial charge in [0.1, 0.15) is 23.2 Å². The molecule has 1 aromatic carbocycles. The van der Waals surface area contributed by atoms with Gasteiger partial charge in [0.2, 0.25) is 5.95 Å². The van der Waals surface area contributed by atoms with Gasteiger partial charge in [-0.15, -0.1) is 0 Å². The Kier molecular flexibility index (Phi) is 3.52. The fourth-order valence-corrected chi connectivity index (χ4v) is 3.63. The van der Waals surface area contributed by atoms with E-state index in [0.29, 0.717) is 38.6 Å². The minimum atomic E-state index is -0.599. The van der Waals surface area contributed by atoms with E-state index >= 15 is 0 Å². The first kappa shape index (κ1) is 16.0. The number of hydrogen-bond acceptors (Lipinski definition) is 7. The predicted molar refractivity (Wildman–Crippen MR) is 97.4 cm³/mol. The maximum absolute atomic E-state index is 12.5. The molecule has 2 N–H and O–H groups in total. The Hall–Kier alpha value is -3.17. The van der Waals surface area contributed by atoms with Crippen molar-refractivity contribution in [2.24, 2.45) is 0 Å². The second kappa shape index (κ2) is 5.93. The number of rotatable bonds is 2. The van der Waals surface area contributed by atoms with Crippen molar-refractivity contribution in [3.63, 3.8) is 0 Å². The zero-order valence-corrected chi connectivity index (χ0v) is 14.9. The molecule has 11 heteroatoms. The Labute approximate surface area is 160 Å². The normalized spacial score (nSPS) is 15.1. The quantitative estimate of drug-likeness (QED) is 0.467. The highest BCUT2D eigenvalue weighted by atomic mass is 35.5. The molecule has 9 nitrogen and oxygen atoms in total. The molecule has 5 rings (SSSR count). The van der Waals surface area contributed by atoms with Crippen LogP contribution in [-0.2, 0) is 0 Å². The molecule has 0 saturated heterocycles. The highest BCUT2D eigenvalue weighted by Gasteiger charge is 2.36. The van der Waals surface area contributed by atoms with E-state index < -0.39 is 11.6 Å². The Bertz CT molecular complexity index is 1220. The fourth-order valence-electron chi connectivity index (χ4n) is 3.13. The van der Waals surface area contributed by atoms with Gasteiger partial charge in [-0.2, -0.15) is 9.78 Å². The summed E-state index contributed by atoms with van der Waals surface area (Å²) in [7, 11) is 0. The highest BCUT2D eigenvalue weighted by molar-refractivity contribution is 6.36. The van der Waals surface area contributed by atoms with E-state index in [1.807, 2.05) is 0 Å². The molecule has 4 heterocycles. The van der Waals surface area contributed by atoms with Gasteiger partial charge in [0.15, 0.2) is 0 Å². The van der Waals surface area contributed by atoms with Crippen LogP contribution >= 0.6 is 23.2 Å². The van der Waals surface area contributed by atoms with E-state index in [1.165, 1.54) is 10.9 Å². The van der Waals surface area contributed by atoms with Crippen LogP contribution in [0.1, 0.15) is 17.4 Å². The van der Waals surface area contributed by atoms with Crippen LogP contribution in [0.3, 0.4) is 0 Å². The van der Waals surface area contributed by atoms with Gasteiger partial charge in [-0.1, -0.05) is 28.3 Å². The topological polar surface area (TPSA) is 115 Å². The smallest absolute Gasteiger partial charge is 0.288 e. The summed E-state index contributed by atoms with van der Waals surface area (Å²) in [6.45, 7) is 0. The lowest BCUT2D eigenvalue weighted by molar-refractivity contribution is 0.435. The number of anilines is 2.